The molecule has 3 aromatic rings. The van der Waals surface area contributed by atoms with Crippen LogP contribution in [0.3, 0.4) is 0 Å². The van der Waals surface area contributed by atoms with Gasteiger partial charge in [-0.15, -0.1) is 0 Å². The Balaban J connectivity index is 2.45. The molecule has 3 rings (SSSR count). The summed E-state index contributed by atoms with van der Waals surface area (Å²) in [7, 11) is 1.48. The van der Waals surface area contributed by atoms with Gasteiger partial charge in [-0.05, 0) is 24.3 Å². The van der Waals surface area contributed by atoms with Crippen LogP contribution < -0.4 is 10.4 Å². The van der Waals surface area contributed by atoms with Gasteiger partial charge in [0, 0.05) is 0 Å². The van der Waals surface area contributed by atoms with Gasteiger partial charge in [-0.2, -0.15) is 0 Å². The first-order valence-electron chi connectivity index (χ1n) is 5.59. The summed E-state index contributed by atoms with van der Waals surface area (Å²) in [5, 5.41) is 10.7. The average molecular weight is 258 g/mol. The van der Waals surface area contributed by atoms with Crippen LogP contribution in [0.5, 0.6) is 11.5 Å². The van der Waals surface area contributed by atoms with E-state index in [-0.39, 0.29) is 22.7 Å². The molecule has 5 nitrogen and oxygen atoms in total. The highest BCUT2D eigenvalue weighted by Gasteiger charge is 2.20. The molecule has 0 aliphatic rings. The van der Waals surface area contributed by atoms with Crippen molar-refractivity contribution in [3.8, 4) is 22.8 Å². The van der Waals surface area contributed by atoms with Crippen LogP contribution in [0.15, 0.2) is 50.2 Å². The van der Waals surface area contributed by atoms with E-state index in [0.29, 0.717) is 11.1 Å². The molecule has 0 aliphatic carbocycles. The van der Waals surface area contributed by atoms with Gasteiger partial charge in [0.1, 0.15) is 33.8 Å². The summed E-state index contributed by atoms with van der Waals surface area (Å²) in [5.74, 6) is 0.462. The minimum absolute atomic E-state index is 0.0120. The van der Waals surface area contributed by atoms with Crippen molar-refractivity contribution in [3.63, 3.8) is 0 Å². The molecule has 0 unspecified atom stereocenters. The van der Waals surface area contributed by atoms with E-state index in [9.17, 15) is 9.90 Å². The number of hydrogen-bond donors (Lipinski definition) is 1. The third kappa shape index (κ3) is 1.67. The van der Waals surface area contributed by atoms with E-state index in [4.69, 9.17) is 13.6 Å². The Bertz CT molecular complexity index is 783. The standard InChI is InChI=1S/C14H10O5/c1-17-8-4-2-5-10-11(8)13(15)12(14(16)19-10)9-6-3-7-18-9/h2-7,15H,1H3. The van der Waals surface area contributed by atoms with E-state index >= 15 is 0 Å². The summed E-state index contributed by atoms with van der Waals surface area (Å²) in [6.07, 6.45) is 1.42. The Hall–Kier alpha value is -2.69. The van der Waals surface area contributed by atoms with E-state index in [2.05, 4.69) is 0 Å². The Morgan fingerprint density at radius 3 is 2.74 bits per heavy atom. The van der Waals surface area contributed by atoms with Crippen LogP contribution in [0.2, 0.25) is 0 Å². The Morgan fingerprint density at radius 2 is 2.05 bits per heavy atom. The molecule has 1 N–H and O–H groups in total. The third-order valence-electron chi connectivity index (χ3n) is 2.86. The van der Waals surface area contributed by atoms with E-state index in [1.165, 1.54) is 13.4 Å². The fourth-order valence-electron chi connectivity index (χ4n) is 2.01. The summed E-state index contributed by atoms with van der Waals surface area (Å²) in [4.78, 5) is 11.9. The van der Waals surface area contributed by atoms with E-state index in [0.717, 1.165) is 0 Å². The van der Waals surface area contributed by atoms with Crippen molar-refractivity contribution >= 4 is 11.0 Å². The van der Waals surface area contributed by atoms with Gasteiger partial charge in [0.2, 0.25) is 0 Å². The Morgan fingerprint density at radius 1 is 1.21 bits per heavy atom. The van der Waals surface area contributed by atoms with Gasteiger partial charge in [0.05, 0.1) is 13.4 Å². The zero-order valence-corrected chi connectivity index (χ0v) is 10.0. The first kappa shape index (κ1) is 11.4. The number of methoxy groups -OCH3 is 1. The van der Waals surface area contributed by atoms with Crippen LogP contribution in [0.4, 0.5) is 0 Å². The SMILES string of the molecule is COc1cccc2oc(=O)c(-c3ccco3)c(O)c12. The molecule has 0 saturated heterocycles. The molecule has 0 radical (unpaired) electrons. The Kier molecular flexibility index (Phi) is 2.52. The first-order chi connectivity index (χ1) is 9.22. The van der Waals surface area contributed by atoms with Crippen molar-refractivity contribution in [1.82, 2.24) is 0 Å². The zero-order chi connectivity index (χ0) is 13.4. The smallest absolute Gasteiger partial charge is 0.351 e. The molecule has 0 spiro atoms. The van der Waals surface area contributed by atoms with Gasteiger partial charge < -0.3 is 18.7 Å². The van der Waals surface area contributed by atoms with Crippen LogP contribution in [0.1, 0.15) is 0 Å². The molecule has 2 heterocycles. The second-order valence-corrected chi connectivity index (χ2v) is 3.92. The maximum absolute atomic E-state index is 11.9. The van der Waals surface area contributed by atoms with Crippen LogP contribution in [0, 0.1) is 0 Å². The number of aromatic hydroxyl groups is 1. The molecule has 0 aliphatic heterocycles. The largest absolute Gasteiger partial charge is 0.506 e. The monoisotopic (exact) mass is 258 g/mol. The fraction of sp³-hybridized carbons (Fsp3) is 0.0714. The van der Waals surface area contributed by atoms with Crippen molar-refractivity contribution < 1.29 is 18.7 Å². The van der Waals surface area contributed by atoms with E-state index < -0.39 is 5.63 Å². The summed E-state index contributed by atoms with van der Waals surface area (Å²) in [6, 6.07) is 8.14. The van der Waals surface area contributed by atoms with E-state index in [1.807, 2.05) is 0 Å². The van der Waals surface area contributed by atoms with Gasteiger partial charge >= 0.3 is 5.63 Å². The predicted molar refractivity (Wildman–Crippen MR) is 68.4 cm³/mol. The number of hydrogen-bond acceptors (Lipinski definition) is 5. The zero-order valence-electron chi connectivity index (χ0n) is 10.0. The normalized spacial score (nSPS) is 10.8. The fourth-order valence-corrected chi connectivity index (χ4v) is 2.01. The molecule has 0 bridgehead atoms. The number of rotatable bonds is 2. The highest BCUT2D eigenvalue weighted by Crippen LogP contribution is 2.38. The number of furan rings is 1. The van der Waals surface area contributed by atoms with Crippen LogP contribution >= 0.6 is 0 Å². The molecular weight excluding hydrogens is 248 g/mol. The molecule has 0 atom stereocenters. The summed E-state index contributed by atoms with van der Waals surface area (Å²) < 4.78 is 15.5. The van der Waals surface area contributed by atoms with Crippen LogP contribution in [-0.4, -0.2) is 12.2 Å². The maximum atomic E-state index is 11.9. The van der Waals surface area contributed by atoms with Crippen molar-refractivity contribution in [1.29, 1.82) is 0 Å². The topological polar surface area (TPSA) is 72.8 Å². The van der Waals surface area contributed by atoms with Crippen molar-refractivity contribution in [2.75, 3.05) is 7.11 Å². The quantitative estimate of drug-likeness (QED) is 0.715. The predicted octanol–water partition coefficient (Wildman–Crippen LogP) is 2.77. The van der Waals surface area contributed by atoms with Gasteiger partial charge in [0.25, 0.3) is 0 Å². The molecule has 0 amide bonds. The number of ether oxygens (including phenoxy) is 1. The van der Waals surface area contributed by atoms with E-state index in [1.54, 1.807) is 30.3 Å². The molecule has 0 saturated carbocycles. The van der Waals surface area contributed by atoms with Crippen molar-refractivity contribution in [3.05, 3.63) is 47.0 Å². The molecule has 5 heteroatoms. The Labute approximate surface area is 107 Å². The molecule has 2 aromatic heterocycles. The molecule has 0 fully saturated rings. The minimum atomic E-state index is -0.659. The van der Waals surface area contributed by atoms with Crippen molar-refractivity contribution in [2.24, 2.45) is 0 Å². The van der Waals surface area contributed by atoms with Gasteiger partial charge in [-0.3, -0.25) is 0 Å². The summed E-state index contributed by atoms with van der Waals surface area (Å²) in [6.45, 7) is 0. The van der Waals surface area contributed by atoms with Crippen molar-refractivity contribution in [2.45, 2.75) is 0 Å². The summed E-state index contributed by atoms with van der Waals surface area (Å²) in [5.41, 5.74) is -0.410. The molecular formula is C14H10O5. The lowest BCUT2D eigenvalue weighted by molar-refractivity contribution is 0.413. The second-order valence-electron chi connectivity index (χ2n) is 3.92. The maximum Gasteiger partial charge on any atom is 0.351 e. The summed E-state index contributed by atoms with van der Waals surface area (Å²) >= 11 is 0. The lowest BCUT2D eigenvalue weighted by Crippen LogP contribution is -2.03. The van der Waals surface area contributed by atoms with Crippen LogP contribution in [0.25, 0.3) is 22.3 Å². The van der Waals surface area contributed by atoms with Gasteiger partial charge in [0.15, 0.2) is 0 Å². The first-order valence-corrected chi connectivity index (χ1v) is 5.59. The molecule has 19 heavy (non-hydrogen) atoms. The van der Waals surface area contributed by atoms with Gasteiger partial charge in [-0.25, -0.2) is 4.79 Å². The lowest BCUT2D eigenvalue weighted by atomic mass is 10.1. The number of benzene rings is 1. The molecule has 96 valence electrons. The van der Waals surface area contributed by atoms with Crippen LogP contribution in [-0.2, 0) is 0 Å². The van der Waals surface area contributed by atoms with Gasteiger partial charge in [-0.1, -0.05) is 6.07 Å². The average Bonchev–Trinajstić information content (AvgIpc) is 2.91. The lowest BCUT2D eigenvalue weighted by Gasteiger charge is -2.08. The highest BCUT2D eigenvalue weighted by atomic mass is 16.5. The third-order valence-corrected chi connectivity index (χ3v) is 2.86. The highest BCUT2D eigenvalue weighted by molar-refractivity contribution is 5.94. The number of fused-ring (bicyclic) bond motifs is 1. The second kappa shape index (κ2) is 4.20. The minimum Gasteiger partial charge on any atom is -0.506 e. The molecule has 1 aromatic carbocycles.